The van der Waals surface area contributed by atoms with Crippen molar-refractivity contribution in [3.63, 3.8) is 0 Å². The zero-order valence-electron chi connectivity index (χ0n) is 13.2. The van der Waals surface area contributed by atoms with Gasteiger partial charge in [-0.3, -0.25) is 4.79 Å². The summed E-state index contributed by atoms with van der Waals surface area (Å²) in [6, 6.07) is 12.4. The summed E-state index contributed by atoms with van der Waals surface area (Å²) in [7, 11) is 1.92. The van der Waals surface area contributed by atoms with Gasteiger partial charge in [-0.15, -0.1) is 11.8 Å². The Bertz CT molecular complexity index is 657. The minimum Gasteiger partial charge on any atom is -0.347 e. The van der Waals surface area contributed by atoms with Crippen molar-refractivity contribution in [3.8, 4) is 0 Å². The van der Waals surface area contributed by atoms with E-state index in [1.54, 1.807) is 0 Å². The molecular formula is C18H22N2OS. The fourth-order valence-electron chi connectivity index (χ4n) is 2.89. The lowest BCUT2D eigenvalue weighted by molar-refractivity contribution is 0.0718. The van der Waals surface area contributed by atoms with Gasteiger partial charge >= 0.3 is 0 Å². The Balaban J connectivity index is 1.58. The van der Waals surface area contributed by atoms with E-state index in [0.717, 1.165) is 31.6 Å². The van der Waals surface area contributed by atoms with Crippen molar-refractivity contribution in [2.24, 2.45) is 7.05 Å². The number of carbonyl (C=O) groups excluding carboxylic acids is 1. The smallest absolute Gasteiger partial charge is 0.270 e. The van der Waals surface area contributed by atoms with E-state index in [1.165, 1.54) is 10.5 Å². The molecule has 1 amide bonds. The van der Waals surface area contributed by atoms with Crippen LogP contribution in [-0.2, 0) is 7.05 Å². The molecule has 2 aromatic rings. The maximum absolute atomic E-state index is 12.5. The van der Waals surface area contributed by atoms with E-state index in [9.17, 15) is 4.79 Å². The fraction of sp³-hybridized carbons (Fsp3) is 0.389. The molecule has 1 aromatic heterocycles. The number of benzene rings is 1. The van der Waals surface area contributed by atoms with Gasteiger partial charge in [0.1, 0.15) is 5.69 Å². The molecule has 0 atom stereocenters. The molecule has 1 aliphatic rings. The predicted molar refractivity (Wildman–Crippen MR) is 91.4 cm³/mol. The van der Waals surface area contributed by atoms with Gasteiger partial charge in [-0.05, 0) is 43.5 Å². The van der Waals surface area contributed by atoms with Crippen LogP contribution in [0.4, 0.5) is 0 Å². The molecule has 0 N–H and O–H groups in total. The number of hydrogen-bond acceptors (Lipinski definition) is 2. The number of amides is 1. The highest BCUT2D eigenvalue weighted by atomic mass is 32.2. The molecule has 0 aliphatic carbocycles. The summed E-state index contributed by atoms with van der Waals surface area (Å²) in [5.74, 6) is 0.159. The lowest BCUT2D eigenvalue weighted by Crippen LogP contribution is -2.40. The summed E-state index contributed by atoms with van der Waals surface area (Å²) in [6.45, 7) is 3.87. The summed E-state index contributed by atoms with van der Waals surface area (Å²) in [5.41, 5.74) is 2.12. The largest absolute Gasteiger partial charge is 0.347 e. The van der Waals surface area contributed by atoms with Gasteiger partial charge in [-0.25, -0.2) is 0 Å². The van der Waals surface area contributed by atoms with Gasteiger partial charge in [0.15, 0.2) is 0 Å². The average Bonchev–Trinajstić information content (AvgIpc) is 2.96. The first-order valence-corrected chi connectivity index (χ1v) is 8.66. The number of aryl methyl sites for hydroxylation is 2. The van der Waals surface area contributed by atoms with Crippen LogP contribution in [0.3, 0.4) is 0 Å². The van der Waals surface area contributed by atoms with E-state index in [4.69, 9.17) is 0 Å². The first-order chi connectivity index (χ1) is 10.6. The van der Waals surface area contributed by atoms with Crippen LogP contribution in [0.15, 0.2) is 47.5 Å². The lowest BCUT2D eigenvalue weighted by Gasteiger charge is -2.32. The Morgan fingerprint density at radius 2 is 1.86 bits per heavy atom. The molecule has 4 heteroatoms. The molecule has 1 fully saturated rings. The monoisotopic (exact) mass is 314 g/mol. The Kier molecular flexibility index (Phi) is 4.57. The third-order valence-electron chi connectivity index (χ3n) is 4.28. The van der Waals surface area contributed by atoms with E-state index in [0.29, 0.717) is 5.25 Å². The van der Waals surface area contributed by atoms with Crippen molar-refractivity contribution in [1.82, 2.24) is 9.47 Å². The molecule has 0 unspecified atom stereocenters. The highest BCUT2D eigenvalue weighted by Gasteiger charge is 2.25. The summed E-state index contributed by atoms with van der Waals surface area (Å²) in [4.78, 5) is 15.9. The molecule has 2 heterocycles. The molecule has 1 aliphatic heterocycles. The van der Waals surface area contributed by atoms with Gasteiger partial charge in [0.2, 0.25) is 0 Å². The maximum atomic E-state index is 12.5. The van der Waals surface area contributed by atoms with Crippen LogP contribution >= 0.6 is 11.8 Å². The number of carbonyl (C=O) groups is 1. The third-order valence-corrected chi connectivity index (χ3v) is 5.80. The highest BCUT2D eigenvalue weighted by molar-refractivity contribution is 8.00. The number of rotatable bonds is 3. The van der Waals surface area contributed by atoms with E-state index in [-0.39, 0.29) is 5.91 Å². The summed E-state index contributed by atoms with van der Waals surface area (Å²) in [5, 5.41) is 0.610. The number of hydrogen-bond donors (Lipinski definition) is 0. The van der Waals surface area contributed by atoms with Crippen LogP contribution in [0, 0.1) is 6.92 Å². The number of piperidine rings is 1. The zero-order valence-corrected chi connectivity index (χ0v) is 14.0. The average molecular weight is 314 g/mol. The van der Waals surface area contributed by atoms with Crippen LogP contribution in [0.2, 0.25) is 0 Å². The summed E-state index contributed by atoms with van der Waals surface area (Å²) in [6.07, 6.45) is 4.05. The molecule has 0 spiro atoms. The molecule has 116 valence electrons. The van der Waals surface area contributed by atoms with E-state index in [2.05, 4.69) is 31.2 Å². The summed E-state index contributed by atoms with van der Waals surface area (Å²) < 4.78 is 1.90. The van der Waals surface area contributed by atoms with Crippen molar-refractivity contribution in [3.05, 3.63) is 53.9 Å². The molecule has 0 saturated carbocycles. The van der Waals surface area contributed by atoms with Gasteiger partial charge in [0.25, 0.3) is 5.91 Å². The van der Waals surface area contributed by atoms with Gasteiger partial charge < -0.3 is 9.47 Å². The van der Waals surface area contributed by atoms with Gasteiger partial charge in [0.05, 0.1) is 0 Å². The molecule has 1 aromatic carbocycles. The molecular weight excluding hydrogens is 292 g/mol. The SMILES string of the molecule is Cc1ccccc1SC1CCN(C(=O)c2cccn2C)CC1. The quantitative estimate of drug-likeness (QED) is 0.862. The fourth-order valence-corrected chi connectivity index (χ4v) is 4.11. The van der Waals surface area contributed by atoms with Crippen LogP contribution in [0.25, 0.3) is 0 Å². The van der Waals surface area contributed by atoms with Crippen LogP contribution in [0.1, 0.15) is 28.9 Å². The van der Waals surface area contributed by atoms with Crippen molar-refractivity contribution in [2.45, 2.75) is 29.9 Å². The predicted octanol–water partition coefficient (Wildman–Crippen LogP) is 3.73. The van der Waals surface area contributed by atoms with Gasteiger partial charge in [-0.1, -0.05) is 18.2 Å². The molecule has 3 rings (SSSR count). The molecule has 0 bridgehead atoms. The second-order valence-corrected chi connectivity index (χ2v) is 7.22. The second kappa shape index (κ2) is 6.61. The van der Waals surface area contributed by atoms with Crippen molar-refractivity contribution < 1.29 is 4.79 Å². The Morgan fingerprint density at radius 3 is 2.50 bits per heavy atom. The van der Waals surface area contributed by atoms with E-state index < -0.39 is 0 Å². The summed E-state index contributed by atoms with van der Waals surface area (Å²) >= 11 is 1.96. The normalized spacial score (nSPS) is 16.0. The van der Waals surface area contributed by atoms with Crippen molar-refractivity contribution in [2.75, 3.05) is 13.1 Å². The van der Waals surface area contributed by atoms with Gasteiger partial charge in [0, 0.05) is 36.5 Å². The number of thioether (sulfide) groups is 1. The molecule has 3 nitrogen and oxygen atoms in total. The van der Waals surface area contributed by atoms with Crippen molar-refractivity contribution in [1.29, 1.82) is 0 Å². The lowest BCUT2D eigenvalue weighted by atomic mass is 10.1. The topological polar surface area (TPSA) is 25.2 Å². The van der Waals surface area contributed by atoms with Gasteiger partial charge in [-0.2, -0.15) is 0 Å². The molecule has 0 radical (unpaired) electrons. The standard InChI is InChI=1S/C18H22N2OS/c1-14-6-3-4-8-17(14)22-15-9-12-20(13-10-15)18(21)16-7-5-11-19(16)2/h3-8,11,15H,9-10,12-13H2,1-2H3. The first kappa shape index (κ1) is 15.2. The van der Waals surface area contributed by atoms with Crippen LogP contribution in [0.5, 0.6) is 0 Å². The minimum atomic E-state index is 0.159. The number of nitrogens with zero attached hydrogens (tertiary/aromatic N) is 2. The zero-order chi connectivity index (χ0) is 15.5. The second-order valence-electron chi connectivity index (χ2n) is 5.88. The minimum absolute atomic E-state index is 0.159. The van der Waals surface area contributed by atoms with Crippen LogP contribution in [-0.4, -0.2) is 33.7 Å². The molecule has 22 heavy (non-hydrogen) atoms. The first-order valence-electron chi connectivity index (χ1n) is 7.78. The highest BCUT2D eigenvalue weighted by Crippen LogP contribution is 2.32. The Labute approximate surface area is 136 Å². The van der Waals surface area contributed by atoms with E-state index in [1.807, 2.05) is 46.6 Å². The third kappa shape index (κ3) is 3.22. The van der Waals surface area contributed by atoms with E-state index >= 15 is 0 Å². The van der Waals surface area contributed by atoms with Crippen molar-refractivity contribution >= 4 is 17.7 Å². The maximum Gasteiger partial charge on any atom is 0.270 e. The van der Waals surface area contributed by atoms with Crippen LogP contribution < -0.4 is 0 Å². The number of likely N-dealkylation sites (tertiary alicyclic amines) is 1. The molecule has 1 saturated heterocycles. The number of aromatic nitrogens is 1. The Hall–Kier alpha value is -1.68. The Morgan fingerprint density at radius 1 is 1.14 bits per heavy atom.